The van der Waals surface area contributed by atoms with E-state index in [1.54, 1.807) is 12.1 Å². The molecule has 0 bridgehead atoms. The predicted octanol–water partition coefficient (Wildman–Crippen LogP) is 3.88. The van der Waals surface area contributed by atoms with E-state index in [1.807, 2.05) is 12.1 Å². The van der Waals surface area contributed by atoms with Crippen LogP contribution in [0.15, 0.2) is 48.5 Å². The topological polar surface area (TPSA) is 26.0 Å². The van der Waals surface area contributed by atoms with Crippen molar-refractivity contribution in [1.82, 2.24) is 0 Å². The minimum Gasteiger partial charge on any atom is -0.399 e. The number of halogens is 3. The molecule has 94 valence electrons. The average molecular weight is 251 g/mol. The molecule has 2 aromatic rings. The maximum absolute atomic E-state index is 12.4. The molecule has 1 nitrogen and oxygen atoms in total. The minimum atomic E-state index is -4.28. The average Bonchev–Trinajstić information content (AvgIpc) is 2.32. The SMILES string of the molecule is Nc1ccc(Cc2ccc(C(F)(F)F)cc2)cc1. The van der Waals surface area contributed by atoms with Gasteiger partial charge in [0.15, 0.2) is 0 Å². The maximum atomic E-state index is 12.4. The summed E-state index contributed by atoms with van der Waals surface area (Å²) in [7, 11) is 0. The van der Waals surface area contributed by atoms with Crippen LogP contribution in [0.2, 0.25) is 0 Å². The van der Waals surface area contributed by atoms with E-state index < -0.39 is 11.7 Å². The van der Waals surface area contributed by atoms with Crippen LogP contribution in [0.5, 0.6) is 0 Å². The summed E-state index contributed by atoms with van der Waals surface area (Å²) >= 11 is 0. The zero-order valence-corrected chi connectivity index (χ0v) is 9.54. The molecule has 0 fully saturated rings. The maximum Gasteiger partial charge on any atom is 0.416 e. The second-order valence-corrected chi connectivity index (χ2v) is 4.11. The van der Waals surface area contributed by atoms with Gasteiger partial charge in [0.25, 0.3) is 0 Å². The van der Waals surface area contributed by atoms with Gasteiger partial charge in [0.1, 0.15) is 0 Å². The summed E-state index contributed by atoms with van der Waals surface area (Å²) in [6, 6.07) is 12.5. The molecule has 0 atom stereocenters. The number of benzene rings is 2. The molecular formula is C14H12F3N. The van der Waals surface area contributed by atoms with E-state index in [4.69, 9.17) is 5.73 Å². The van der Waals surface area contributed by atoms with Crippen molar-refractivity contribution in [3.63, 3.8) is 0 Å². The van der Waals surface area contributed by atoms with Gasteiger partial charge < -0.3 is 5.73 Å². The summed E-state index contributed by atoms with van der Waals surface area (Å²) in [5.74, 6) is 0. The lowest BCUT2D eigenvalue weighted by atomic mass is 10.0. The molecule has 0 aliphatic heterocycles. The van der Waals surface area contributed by atoms with Crippen LogP contribution >= 0.6 is 0 Å². The van der Waals surface area contributed by atoms with Crippen LogP contribution in [0.4, 0.5) is 18.9 Å². The van der Waals surface area contributed by atoms with E-state index in [0.717, 1.165) is 23.3 Å². The summed E-state index contributed by atoms with van der Waals surface area (Å²) < 4.78 is 37.1. The van der Waals surface area contributed by atoms with Gasteiger partial charge in [-0.15, -0.1) is 0 Å². The molecule has 0 saturated heterocycles. The second kappa shape index (κ2) is 4.72. The van der Waals surface area contributed by atoms with Crippen LogP contribution in [-0.4, -0.2) is 0 Å². The zero-order valence-electron chi connectivity index (χ0n) is 9.54. The normalized spacial score (nSPS) is 11.5. The summed E-state index contributed by atoms with van der Waals surface area (Å²) in [4.78, 5) is 0. The zero-order chi connectivity index (χ0) is 13.2. The largest absolute Gasteiger partial charge is 0.416 e. The van der Waals surface area contributed by atoms with E-state index in [1.165, 1.54) is 12.1 Å². The Morgan fingerprint density at radius 2 is 1.22 bits per heavy atom. The molecule has 0 saturated carbocycles. The van der Waals surface area contributed by atoms with Gasteiger partial charge in [0.05, 0.1) is 5.56 Å². The Bertz CT molecular complexity index is 512. The summed E-state index contributed by atoms with van der Waals surface area (Å²) in [6.45, 7) is 0. The lowest BCUT2D eigenvalue weighted by Crippen LogP contribution is -2.04. The van der Waals surface area contributed by atoms with Gasteiger partial charge in [-0.2, -0.15) is 13.2 Å². The van der Waals surface area contributed by atoms with Crippen LogP contribution in [0.1, 0.15) is 16.7 Å². The Balaban J connectivity index is 2.13. The van der Waals surface area contributed by atoms with E-state index in [9.17, 15) is 13.2 Å². The first-order valence-electron chi connectivity index (χ1n) is 5.46. The standard InChI is InChI=1S/C14H12F3N/c15-14(16,17)12-5-1-10(2-6-12)9-11-3-7-13(18)8-4-11/h1-8H,9,18H2. The van der Waals surface area contributed by atoms with E-state index in [2.05, 4.69) is 0 Å². The molecule has 2 rings (SSSR count). The van der Waals surface area contributed by atoms with Gasteiger partial charge in [-0.3, -0.25) is 0 Å². The van der Waals surface area contributed by atoms with Crippen LogP contribution in [-0.2, 0) is 12.6 Å². The number of nitrogen functional groups attached to an aromatic ring is 1. The van der Waals surface area contributed by atoms with Gasteiger partial charge in [-0.1, -0.05) is 24.3 Å². The number of alkyl halides is 3. The van der Waals surface area contributed by atoms with Gasteiger partial charge in [-0.25, -0.2) is 0 Å². The molecule has 0 aromatic heterocycles. The fourth-order valence-electron chi connectivity index (χ4n) is 1.68. The molecule has 18 heavy (non-hydrogen) atoms. The molecule has 0 unspecified atom stereocenters. The van der Waals surface area contributed by atoms with Gasteiger partial charge in [0, 0.05) is 5.69 Å². The van der Waals surface area contributed by atoms with E-state index in [-0.39, 0.29) is 0 Å². The van der Waals surface area contributed by atoms with Crippen LogP contribution < -0.4 is 5.73 Å². The lowest BCUT2D eigenvalue weighted by Gasteiger charge is -2.07. The molecule has 0 amide bonds. The van der Waals surface area contributed by atoms with Crippen molar-refractivity contribution < 1.29 is 13.2 Å². The van der Waals surface area contributed by atoms with Crippen LogP contribution in [0.25, 0.3) is 0 Å². The molecule has 0 spiro atoms. The highest BCUT2D eigenvalue weighted by Gasteiger charge is 2.29. The molecule has 0 aliphatic rings. The highest BCUT2D eigenvalue weighted by Crippen LogP contribution is 2.29. The Morgan fingerprint density at radius 3 is 1.67 bits per heavy atom. The summed E-state index contributed by atoms with van der Waals surface area (Å²) in [6.07, 6.45) is -3.68. The van der Waals surface area contributed by atoms with Crippen LogP contribution in [0, 0.1) is 0 Å². The van der Waals surface area contributed by atoms with Crippen molar-refractivity contribution in [2.45, 2.75) is 12.6 Å². The first-order valence-corrected chi connectivity index (χ1v) is 5.46. The molecule has 0 radical (unpaired) electrons. The molecule has 0 heterocycles. The van der Waals surface area contributed by atoms with Gasteiger partial charge >= 0.3 is 6.18 Å². The molecule has 2 N–H and O–H groups in total. The van der Waals surface area contributed by atoms with E-state index >= 15 is 0 Å². The predicted molar refractivity (Wildman–Crippen MR) is 65.1 cm³/mol. The van der Waals surface area contributed by atoms with E-state index in [0.29, 0.717) is 12.1 Å². The second-order valence-electron chi connectivity index (χ2n) is 4.11. The Morgan fingerprint density at radius 1 is 0.778 bits per heavy atom. The third kappa shape index (κ3) is 3.03. The molecule has 2 aromatic carbocycles. The number of hydrogen-bond acceptors (Lipinski definition) is 1. The smallest absolute Gasteiger partial charge is 0.399 e. The fourth-order valence-corrected chi connectivity index (χ4v) is 1.68. The first kappa shape index (κ1) is 12.5. The quantitative estimate of drug-likeness (QED) is 0.805. The van der Waals surface area contributed by atoms with Crippen molar-refractivity contribution >= 4 is 5.69 Å². The molecular weight excluding hydrogens is 239 g/mol. The number of rotatable bonds is 2. The number of nitrogens with two attached hydrogens (primary N) is 1. The Kier molecular flexibility index (Phi) is 3.28. The van der Waals surface area contributed by atoms with Crippen molar-refractivity contribution in [1.29, 1.82) is 0 Å². The van der Waals surface area contributed by atoms with Crippen molar-refractivity contribution in [3.8, 4) is 0 Å². The fraction of sp³-hybridized carbons (Fsp3) is 0.143. The minimum absolute atomic E-state index is 0.596. The highest BCUT2D eigenvalue weighted by atomic mass is 19.4. The monoisotopic (exact) mass is 251 g/mol. The Hall–Kier alpha value is -1.97. The van der Waals surface area contributed by atoms with Crippen molar-refractivity contribution in [3.05, 3.63) is 65.2 Å². The van der Waals surface area contributed by atoms with Crippen molar-refractivity contribution in [2.24, 2.45) is 0 Å². The summed E-state index contributed by atoms with van der Waals surface area (Å²) in [5.41, 5.74) is 7.47. The number of anilines is 1. The number of hydrogen-bond donors (Lipinski definition) is 1. The molecule has 4 heteroatoms. The van der Waals surface area contributed by atoms with Crippen LogP contribution in [0.3, 0.4) is 0 Å². The molecule has 0 aliphatic carbocycles. The third-order valence-corrected chi connectivity index (χ3v) is 2.67. The van der Waals surface area contributed by atoms with Gasteiger partial charge in [-0.05, 0) is 41.8 Å². The van der Waals surface area contributed by atoms with Crippen molar-refractivity contribution in [2.75, 3.05) is 5.73 Å². The lowest BCUT2D eigenvalue weighted by molar-refractivity contribution is -0.137. The summed E-state index contributed by atoms with van der Waals surface area (Å²) in [5, 5.41) is 0. The first-order chi connectivity index (χ1) is 8.45. The third-order valence-electron chi connectivity index (χ3n) is 2.67. The highest BCUT2D eigenvalue weighted by molar-refractivity contribution is 5.40. The van der Waals surface area contributed by atoms with Gasteiger partial charge in [0.2, 0.25) is 0 Å². The Labute approximate surface area is 103 Å².